The summed E-state index contributed by atoms with van der Waals surface area (Å²) in [7, 11) is -1.59. The summed E-state index contributed by atoms with van der Waals surface area (Å²) >= 11 is 0. The lowest BCUT2D eigenvalue weighted by Gasteiger charge is -2.19. The summed E-state index contributed by atoms with van der Waals surface area (Å²) in [5.74, 6) is -0.152. The zero-order valence-electron chi connectivity index (χ0n) is 16.1. The molecule has 0 spiro atoms. The van der Waals surface area contributed by atoms with Crippen molar-refractivity contribution in [3.8, 4) is 0 Å². The zero-order chi connectivity index (χ0) is 19.9. The van der Waals surface area contributed by atoms with E-state index >= 15 is 0 Å². The van der Waals surface area contributed by atoms with E-state index in [1.807, 2.05) is 37.4 Å². The van der Waals surface area contributed by atoms with Crippen molar-refractivity contribution in [2.75, 3.05) is 32.0 Å². The lowest BCUT2D eigenvalue weighted by molar-refractivity contribution is -0.885. The van der Waals surface area contributed by atoms with Gasteiger partial charge < -0.3 is 10.2 Å². The molecule has 6 nitrogen and oxygen atoms in total. The Labute approximate surface area is 161 Å². The van der Waals surface area contributed by atoms with E-state index in [0.717, 1.165) is 17.0 Å². The number of carbonyl (C=O) groups is 1. The molecule has 2 N–H and O–H groups in total. The van der Waals surface area contributed by atoms with Crippen molar-refractivity contribution in [2.24, 2.45) is 0 Å². The number of carbonyl (C=O) groups excluding carboxylic acids is 1. The molecule has 27 heavy (non-hydrogen) atoms. The highest BCUT2D eigenvalue weighted by atomic mass is 32.2. The predicted octanol–water partition coefficient (Wildman–Crippen LogP) is 1.37. The predicted molar refractivity (Wildman–Crippen MR) is 107 cm³/mol. The van der Waals surface area contributed by atoms with Gasteiger partial charge in [0.25, 0.3) is 5.91 Å². The van der Waals surface area contributed by atoms with Gasteiger partial charge in [0.15, 0.2) is 6.54 Å². The quantitative estimate of drug-likeness (QED) is 0.679. The molecule has 1 atom stereocenters. The molecule has 0 aliphatic rings. The van der Waals surface area contributed by atoms with Gasteiger partial charge in [0, 0.05) is 24.3 Å². The van der Waals surface area contributed by atoms with E-state index in [0.29, 0.717) is 25.3 Å². The highest BCUT2D eigenvalue weighted by molar-refractivity contribution is 7.89. The summed E-state index contributed by atoms with van der Waals surface area (Å²) < 4.78 is 26.6. The number of amides is 1. The van der Waals surface area contributed by atoms with E-state index in [4.69, 9.17) is 0 Å². The Morgan fingerprint density at radius 1 is 1.04 bits per heavy atom. The first kappa shape index (κ1) is 21.1. The minimum atomic E-state index is -3.55. The zero-order valence-corrected chi connectivity index (χ0v) is 16.9. The largest absolute Gasteiger partial charge is 0.326 e. The first-order chi connectivity index (χ1) is 12.9. The monoisotopic (exact) mass is 390 g/mol. The number of nitrogens with one attached hydrogen (secondary N) is 2. The standard InChI is InChI=1S/C20H27N3O3S/c1-4-23(5-2)27(25,26)19-13-9-12-18(14-19)21-20(24)16-22(3)15-17-10-7-6-8-11-17/h6-14H,4-5,15-16H2,1-3H3,(H,21,24)/p+1. The molecular formula is C20H28N3O3S+. The number of benzene rings is 2. The average molecular weight is 391 g/mol. The third-order valence-corrected chi connectivity index (χ3v) is 6.32. The van der Waals surface area contributed by atoms with Crippen LogP contribution in [-0.4, -0.2) is 45.3 Å². The molecule has 2 aromatic rings. The topological polar surface area (TPSA) is 70.9 Å². The summed E-state index contributed by atoms with van der Waals surface area (Å²) in [5, 5.41) is 2.80. The number of quaternary nitrogens is 1. The fraction of sp³-hybridized carbons (Fsp3) is 0.350. The fourth-order valence-electron chi connectivity index (χ4n) is 2.93. The number of anilines is 1. The Morgan fingerprint density at radius 2 is 1.70 bits per heavy atom. The maximum atomic E-state index is 12.6. The minimum Gasteiger partial charge on any atom is -0.326 e. The summed E-state index contributed by atoms with van der Waals surface area (Å²) in [6.07, 6.45) is 0. The van der Waals surface area contributed by atoms with Crippen LogP contribution < -0.4 is 10.2 Å². The molecule has 1 amide bonds. The van der Waals surface area contributed by atoms with Crippen molar-refractivity contribution in [2.45, 2.75) is 25.3 Å². The molecule has 0 heterocycles. The van der Waals surface area contributed by atoms with E-state index in [-0.39, 0.29) is 10.8 Å². The molecule has 0 saturated heterocycles. The average Bonchev–Trinajstić information content (AvgIpc) is 2.63. The molecule has 7 heteroatoms. The molecule has 0 aliphatic heterocycles. The normalized spacial score (nSPS) is 12.7. The molecule has 0 radical (unpaired) electrons. The minimum absolute atomic E-state index is 0.152. The van der Waals surface area contributed by atoms with Gasteiger partial charge in [0.1, 0.15) is 6.54 Å². The van der Waals surface area contributed by atoms with Gasteiger partial charge in [-0.05, 0) is 18.2 Å². The first-order valence-corrected chi connectivity index (χ1v) is 10.6. The molecule has 0 fully saturated rings. The molecule has 0 aromatic heterocycles. The van der Waals surface area contributed by atoms with Crippen LogP contribution in [0, 0.1) is 0 Å². The molecule has 146 valence electrons. The summed E-state index contributed by atoms with van der Waals surface area (Å²) in [5.41, 5.74) is 1.65. The Hall–Kier alpha value is -2.22. The van der Waals surface area contributed by atoms with Crippen LogP contribution >= 0.6 is 0 Å². The first-order valence-electron chi connectivity index (χ1n) is 9.12. The van der Waals surface area contributed by atoms with Crippen LogP contribution in [0.15, 0.2) is 59.5 Å². The molecule has 0 aliphatic carbocycles. The number of hydrogen-bond acceptors (Lipinski definition) is 3. The second-order valence-corrected chi connectivity index (χ2v) is 8.40. The second kappa shape index (κ2) is 9.64. The molecule has 0 bridgehead atoms. The maximum absolute atomic E-state index is 12.6. The van der Waals surface area contributed by atoms with Crippen molar-refractivity contribution in [1.29, 1.82) is 0 Å². The highest BCUT2D eigenvalue weighted by Gasteiger charge is 2.22. The Kier molecular flexibility index (Phi) is 7.53. The van der Waals surface area contributed by atoms with E-state index in [1.165, 1.54) is 10.4 Å². The van der Waals surface area contributed by atoms with Crippen LogP contribution in [0.4, 0.5) is 5.69 Å². The third-order valence-electron chi connectivity index (χ3n) is 4.27. The molecule has 2 aromatic carbocycles. The van der Waals surface area contributed by atoms with Crippen LogP contribution in [-0.2, 0) is 21.4 Å². The summed E-state index contributed by atoms with van der Waals surface area (Å²) in [6.45, 7) is 5.45. The third kappa shape index (κ3) is 5.89. The lowest BCUT2D eigenvalue weighted by atomic mass is 10.2. The van der Waals surface area contributed by atoms with Gasteiger partial charge in [-0.15, -0.1) is 0 Å². The van der Waals surface area contributed by atoms with Gasteiger partial charge in [-0.25, -0.2) is 8.42 Å². The van der Waals surface area contributed by atoms with Gasteiger partial charge >= 0.3 is 0 Å². The Bertz CT molecular complexity index is 850. The van der Waals surface area contributed by atoms with Gasteiger partial charge in [-0.3, -0.25) is 4.79 Å². The van der Waals surface area contributed by atoms with E-state index in [9.17, 15) is 13.2 Å². The fourth-order valence-corrected chi connectivity index (χ4v) is 4.44. The second-order valence-electron chi connectivity index (χ2n) is 6.46. The maximum Gasteiger partial charge on any atom is 0.279 e. The molecule has 0 saturated carbocycles. The SMILES string of the molecule is CCN(CC)S(=O)(=O)c1cccc(NC(=O)C[NH+](C)Cc2ccccc2)c1. The Balaban J connectivity index is 2.02. The van der Waals surface area contributed by atoms with E-state index in [1.54, 1.807) is 32.0 Å². The molecule has 1 unspecified atom stereocenters. The Morgan fingerprint density at radius 3 is 2.33 bits per heavy atom. The lowest BCUT2D eigenvalue weighted by Crippen LogP contribution is -3.08. The smallest absolute Gasteiger partial charge is 0.279 e. The molecular weight excluding hydrogens is 362 g/mol. The number of likely N-dealkylation sites (N-methyl/N-ethyl adjacent to an activating group) is 1. The number of sulfonamides is 1. The van der Waals surface area contributed by atoms with Crippen LogP contribution in [0.2, 0.25) is 0 Å². The van der Waals surface area contributed by atoms with Gasteiger partial charge in [0.2, 0.25) is 10.0 Å². The van der Waals surface area contributed by atoms with Crippen LogP contribution in [0.1, 0.15) is 19.4 Å². The van der Waals surface area contributed by atoms with Gasteiger partial charge in [-0.2, -0.15) is 4.31 Å². The van der Waals surface area contributed by atoms with Crippen molar-refractivity contribution < 1.29 is 18.1 Å². The summed E-state index contributed by atoms with van der Waals surface area (Å²) in [6, 6.07) is 16.4. The highest BCUT2D eigenvalue weighted by Crippen LogP contribution is 2.19. The van der Waals surface area contributed by atoms with Gasteiger partial charge in [-0.1, -0.05) is 50.2 Å². The molecule has 2 rings (SSSR count). The summed E-state index contributed by atoms with van der Waals surface area (Å²) in [4.78, 5) is 13.6. The number of nitrogens with zero attached hydrogens (tertiary/aromatic N) is 1. The van der Waals surface area contributed by atoms with Crippen LogP contribution in [0.5, 0.6) is 0 Å². The van der Waals surface area contributed by atoms with Gasteiger partial charge in [0.05, 0.1) is 11.9 Å². The van der Waals surface area contributed by atoms with E-state index < -0.39 is 10.0 Å². The number of rotatable bonds is 9. The van der Waals surface area contributed by atoms with Crippen molar-refractivity contribution in [3.05, 3.63) is 60.2 Å². The number of hydrogen-bond donors (Lipinski definition) is 2. The van der Waals surface area contributed by atoms with Crippen LogP contribution in [0.3, 0.4) is 0 Å². The van der Waals surface area contributed by atoms with Crippen molar-refractivity contribution in [3.63, 3.8) is 0 Å². The van der Waals surface area contributed by atoms with Crippen molar-refractivity contribution in [1.82, 2.24) is 4.31 Å². The van der Waals surface area contributed by atoms with E-state index in [2.05, 4.69) is 5.32 Å². The van der Waals surface area contributed by atoms with Crippen LogP contribution in [0.25, 0.3) is 0 Å². The van der Waals surface area contributed by atoms with Crippen molar-refractivity contribution >= 4 is 21.6 Å².